The van der Waals surface area contributed by atoms with Gasteiger partial charge in [0.15, 0.2) is 4.77 Å². The van der Waals surface area contributed by atoms with Crippen LogP contribution < -0.4 is 5.32 Å². The average molecular weight is 289 g/mol. The van der Waals surface area contributed by atoms with Crippen molar-refractivity contribution in [2.75, 3.05) is 6.54 Å². The summed E-state index contributed by atoms with van der Waals surface area (Å²) in [6, 6.07) is 3.69. The number of imidazole rings is 1. The maximum atomic E-state index is 10.5. The van der Waals surface area contributed by atoms with Gasteiger partial charge >= 0.3 is 6.09 Å². The van der Waals surface area contributed by atoms with E-state index in [0.29, 0.717) is 11.3 Å². The maximum Gasteiger partial charge on any atom is 0.404 e. The minimum Gasteiger partial charge on any atom is -0.465 e. The van der Waals surface area contributed by atoms with Crippen LogP contribution in [0.5, 0.6) is 0 Å². The smallest absolute Gasteiger partial charge is 0.404 e. The number of carbonyl (C=O) groups is 1. The monoisotopic (exact) mass is 289 g/mol. The van der Waals surface area contributed by atoms with Crippen LogP contribution in [0.25, 0.3) is 22.1 Å². The van der Waals surface area contributed by atoms with Gasteiger partial charge in [-0.15, -0.1) is 0 Å². The summed E-state index contributed by atoms with van der Waals surface area (Å²) in [4.78, 5) is 22.2. The van der Waals surface area contributed by atoms with Crippen molar-refractivity contribution in [3.8, 4) is 0 Å². The van der Waals surface area contributed by atoms with Gasteiger partial charge in [0.05, 0.1) is 22.7 Å². The van der Waals surface area contributed by atoms with Crippen molar-refractivity contribution in [1.29, 1.82) is 0 Å². The first kappa shape index (κ1) is 12.5. The summed E-state index contributed by atoms with van der Waals surface area (Å²) in [5, 5.41) is 10.9. The van der Waals surface area contributed by atoms with Crippen molar-refractivity contribution < 1.29 is 9.90 Å². The zero-order valence-electron chi connectivity index (χ0n) is 10.3. The van der Waals surface area contributed by atoms with Gasteiger partial charge < -0.3 is 20.0 Å². The topological polar surface area (TPSA) is 95.8 Å². The lowest BCUT2D eigenvalue weighted by molar-refractivity contribution is 0.194. The molecule has 20 heavy (non-hydrogen) atoms. The average Bonchev–Trinajstić information content (AvgIpc) is 2.75. The summed E-state index contributed by atoms with van der Waals surface area (Å²) < 4.78 is 2.35. The largest absolute Gasteiger partial charge is 0.465 e. The number of pyridine rings is 2. The molecule has 0 aliphatic heterocycles. The Labute approximate surface area is 118 Å². The van der Waals surface area contributed by atoms with Crippen molar-refractivity contribution in [3.63, 3.8) is 0 Å². The highest BCUT2D eigenvalue weighted by Crippen LogP contribution is 2.21. The predicted molar refractivity (Wildman–Crippen MR) is 76.2 cm³/mol. The first-order valence-corrected chi connectivity index (χ1v) is 6.36. The molecule has 0 atom stereocenters. The van der Waals surface area contributed by atoms with Gasteiger partial charge in [0.2, 0.25) is 0 Å². The normalized spacial score (nSPS) is 11.0. The van der Waals surface area contributed by atoms with Crippen LogP contribution in [0, 0.1) is 4.77 Å². The molecular formula is C12H11N5O2S. The Morgan fingerprint density at radius 1 is 1.50 bits per heavy atom. The zero-order chi connectivity index (χ0) is 14.1. The third-order valence-corrected chi connectivity index (χ3v) is 3.29. The van der Waals surface area contributed by atoms with Gasteiger partial charge in [0.25, 0.3) is 0 Å². The van der Waals surface area contributed by atoms with E-state index >= 15 is 0 Å². The van der Waals surface area contributed by atoms with Crippen molar-refractivity contribution in [1.82, 2.24) is 24.8 Å². The van der Waals surface area contributed by atoms with Gasteiger partial charge in [-0.2, -0.15) is 0 Å². The molecule has 0 saturated carbocycles. The molecule has 3 heterocycles. The Hall–Kier alpha value is -2.48. The van der Waals surface area contributed by atoms with Gasteiger partial charge in [0.1, 0.15) is 5.52 Å². The van der Waals surface area contributed by atoms with Crippen molar-refractivity contribution >= 4 is 40.4 Å². The molecule has 7 nitrogen and oxygen atoms in total. The van der Waals surface area contributed by atoms with Crippen LogP contribution >= 0.6 is 12.2 Å². The molecule has 0 aliphatic rings. The van der Waals surface area contributed by atoms with Crippen LogP contribution in [0.4, 0.5) is 4.79 Å². The lowest BCUT2D eigenvalue weighted by atomic mass is 10.3. The van der Waals surface area contributed by atoms with Crippen molar-refractivity contribution in [3.05, 3.63) is 29.3 Å². The Morgan fingerprint density at radius 2 is 2.35 bits per heavy atom. The molecule has 3 rings (SSSR count). The summed E-state index contributed by atoms with van der Waals surface area (Å²) in [6.45, 7) is 0.702. The molecule has 0 unspecified atom stereocenters. The summed E-state index contributed by atoms with van der Waals surface area (Å²) in [7, 11) is 0. The summed E-state index contributed by atoms with van der Waals surface area (Å²) in [6.07, 6.45) is 2.34. The molecule has 3 aromatic heterocycles. The second-order valence-corrected chi connectivity index (χ2v) is 4.59. The second kappa shape index (κ2) is 4.89. The predicted octanol–water partition coefficient (Wildman–Crippen LogP) is 1.91. The first-order valence-electron chi connectivity index (χ1n) is 5.96. The van der Waals surface area contributed by atoms with Crippen LogP contribution in [-0.4, -0.2) is 37.3 Å². The van der Waals surface area contributed by atoms with Crippen LogP contribution in [0.1, 0.15) is 0 Å². The number of nitrogens with zero attached hydrogens (tertiary/aromatic N) is 3. The zero-order valence-corrected chi connectivity index (χ0v) is 11.1. The lowest BCUT2D eigenvalue weighted by Crippen LogP contribution is -2.25. The van der Waals surface area contributed by atoms with E-state index in [9.17, 15) is 4.79 Å². The third-order valence-electron chi connectivity index (χ3n) is 2.97. The molecule has 3 aromatic rings. The molecule has 0 spiro atoms. The van der Waals surface area contributed by atoms with Crippen molar-refractivity contribution in [2.45, 2.75) is 6.54 Å². The van der Waals surface area contributed by atoms with Gasteiger partial charge in [-0.25, -0.2) is 4.79 Å². The first-order chi connectivity index (χ1) is 9.66. The second-order valence-electron chi connectivity index (χ2n) is 4.21. The van der Waals surface area contributed by atoms with Crippen molar-refractivity contribution in [2.24, 2.45) is 0 Å². The van der Waals surface area contributed by atoms with Crippen LogP contribution in [0.2, 0.25) is 0 Å². The number of H-pyrrole nitrogens is 1. The minimum atomic E-state index is -1.05. The number of rotatable bonds is 3. The number of nitrogens with one attached hydrogen (secondary N) is 2. The van der Waals surface area contributed by atoms with Crippen LogP contribution in [0.3, 0.4) is 0 Å². The molecule has 0 bridgehead atoms. The quantitative estimate of drug-likeness (QED) is 0.640. The fraction of sp³-hybridized carbons (Fsp3) is 0.167. The molecule has 0 radical (unpaired) electrons. The van der Waals surface area contributed by atoms with Crippen LogP contribution in [-0.2, 0) is 6.54 Å². The fourth-order valence-electron chi connectivity index (χ4n) is 2.14. The highest BCUT2D eigenvalue weighted by Gasteiger charge is 2.10. The van der Waals surface area contributed by atoms with E-state index in [-0.39, 0.29) is 6.54 Å². The molecule has 102 valence electrons. The minimum absolute atomic E-state index is 0.271. The van der Waals surface area contributed by atoms with E-state index in [2.05, 4.69) is 20.3 Å². The number of aromatic amines is 1. The number of hydrogen-bond acceptors (Lipinski definition) is 4. The van der Waals surface area contributed by atoms with E-state index < -0.39 is 6.09 Å². The van der Waals surface area contributed by atoms with E-state index in [1.54, 1.807) is 12.4 Å². The number of fused-ring (bicyclic) bond motifs is 3. The molecule has 0 aliphatic carbocycles. The van der Waals surface area contributed by atoms with E-state index in [0.717, 1.165) is 22.1 Å². The molecule has 3 N–H and O–H groups in total. The Bertz CT molecular complexity index is 854. The van der Waals surface area contributed by atoms with Gasteiger partial charge in [-0.3, -0.25) is 9.97 Å². The third kappa shape index (κ3) is 2.10. The summed E-state index contributed by atoms with van der Waals surface area (Å²) in [5.41, 5.74) is 3.14. The van der Waals surface area contributed by atoms with E-state index in [1.165, 1.54) is 0 Å². The van der Waals surface area contributed by atoms with E-state index in [4.69, 9.17) is 17.3 Å². The standard InChI is InChI=1S/C12H11N5O2S/c18-12(19)14-4-5-17-10-8(16-11(17)20)6-15-7-2-1-3-13-9(7)10/h1-3,6,14H,4-5H2,(H,16,20)(H,18,19). The molecule has 8 heteroatoms. The SMILES string of the molecule is O=C(O)NCCn1c(=S)[nH]c2cnc3cccnc3c21. The van der Waals surface area contributed by atoms with Crippen LogP contribution in [0.15, 0.2) is 24.5 Å². The molecule has 0 fully saturated rings. The number of hydrogen-bond donors (Lipinski definition) is 3. The number of amides is 1. The highest BCUT2D eigenvalue weighted by molar-refractivity contribution is 7.71. The summed E-state index contributed by atoms with van der Waals surface area (Å²) >= 11 is 5.27. The van der Waals surface area contributed by atoms with Gasteiger partial charge in [-0.05, 0) is 24.4 Å². The molecule has 0 aromatic carbocycles. The Kier molecular flexibility index (Phi) is 3.07. The summed E-state index contributed by atoms with van der Waals surface area (Å²) in [5.74, 6) is 0. The highest BCUT2D eigenvalue weighted by atomic mass is 32.1. The van der Waals surface area contributed by atoms with Gasteiger partial charge in [-0.1, -0.05) is 0 Å². The molecule has 1 amide bonds. The maximum absolute atomic E-state index is 10.5. The Balaban J connectivity index is 2.15. The Morgan fingerprint density at radius 3 is 3.15 bits per heavy atom. The number of carboxylic acid groups (broad SMARTS) is 1. The lowest BCUT2D eigenvalue weighted by Gasteiger charge is -2.06. The van der Waals surface area contributed by atoms with E-state index in [1.807, 2.05) is 16.7 Å². The number of aromatic nitrogens is 4. The molecule has 0 saturated heterocycles. The fourth-order valence-corrected chi connectivity index (χ4v) is 2.44. The molecular weight excluding hydrogens is 278 g/mol. The van der Waals surface area contributed by atoms with Gasteiger partial charge in [0, 0.05) is 19.3 Å².